The van der Waals surface area contributed by atoms with Crippen LogP contribution in [-0.4, -0.2) is 19.3 Å². The maximum absolute atomic E-state index is 6.66. The zero-order valence-electron chi connectivity index (χ0n) is 37.9. The molecule has 0 atom stereocenters. The molecular formula is C53H62N4OPt. The molecule has 0 spiro atoms. The van der Waals surface area contributed by atoms with E-state index in [2.05, 4.69) is 186 Å². The number of fused-ring (bicyclic) bond motifs is 3. The van der Waals surface area contributed by atoms with E-state index in [4.69, 9.17) is 14.8 Å². The van der Waals surface area contributed by atoms with Crippen molar-refractivity contribution in [2.75, 3.05) is 0 Å². The predicted molar refractivity (Wildman–Crippen MR) is 243 cm³/mol. The van der Waals surface area contributed by atoms with E-state index in [0.29, 0.717) is 11.5 Å². The van der Waals surface area contributed by atoms with Gasteiger partial charge in [-0.25, -0.2) is 4.98 Å². The number of ether oxygens (including phenoxy) is 1. The summed E-state index contributed by atoms with van der Waals surface area (Å²) >= 11 is 0. The van der Waals surface area contributed by atoms with Gasteiger partial charge in [0.25, 0.3) is 0 Å². The number of hydrogen-bond acceptors (Lipinski definition) is 3. The summed E-state index contributed by atoms with van der Waals surface area (Å²) in [5.41, 5.74) is 12.9. The van der Waals surface area contributed by atoms with E-state index in [-0.39, 0.29) is 48.6 Å². The molecular weight excluding hydrogens is 904 g/mol. The Morgan fingerprint density at radius 3 is 1.95 bits per heavy atom. The van der Waals surface area contributed by atoms with Crippen molar-refractivity contribution in [3.8, 4) is 34.1 Å². The molecule has 310 valence electrons. The van der Waals surface area contributed by atoms with E-state index < -0.39 is 0 Å². The molecule has 6 heteroatoms. The van der Waals surface area contributed by atoms with Gasteiger partial charge in [-0.05, 0) is 98.0 Å². The molecule has 0 saturated heterocycles. The molecule has 3 aromatic heterocycles. The molecule has 0 amide bonds. The second-order valence-corrected chi connectivity index (χ2v) is 20.8. The second kappa shape index (κ2) is 15.9. The van der Waals surface area contributed by atoms with Gasteiger partial charge in [-0.15, -0.1) is 35.7 Å². The van der Waals surface area contributed by atoms with Crippen LogP contribution in [-0.2, 0) is 43.7 Å². The minimum absolute atomic E-state index is 0. The van der Waals surface area contributed by atoms with Crippen LogP contribution in [0.1, 0.15) is 136 Å². The molecule has 0 bridgehead atoms. The first kappa shape index (κ1) is 44.1. The van der Waals surface area contributed by atoms with Gasteiger partial charge in [0.2, 0.25) is 0 Å². The summed E-state index contributed by atoms with van der Waals surface area (Å²) in [6.07, 6.45) is 2.74. The number of aromatic nitrogens is 4. The van der Waals surface area contributed by atoms with Crippen LogP contribution in [0.2, 0.25) is 0 Å². The zero-order chi connectivity index (χ0) is 42.1. The van der Waals surface area contributed by atoms with Gasteiger partial charge in [-0.2, -0.15) is 17.2 Å². The topological polar surface area (TPSA) is 44.9 Å². The Balaban J connectivity index is 0.00000585. The van der Waals surface area contributed by atoms with E-state index >= 15 is 0 Å². The Kier molecular flexibility index (Phi) is 11.8. The summed E-state index contributed by atoms with van der Waals surface area (Å²) in [7, 11) is 0. The minimum Gasteiger partial charge on any atom is -0.509 e. The Morgan fingerprint density at radius 1 is 0.695 bits per heavy atom. The van der Waals surface area contributed by atoms with E-state index in [9.17, 15) is 0 Å². The van der Waals surface area contributed by atoms with E-state index in [1.807, 2.05) is 24.4 Å². The van der Waals surface area contributed by atoms with Crippen LogP contribution in [0.4, 0.5) is 0 Å². The summed E-state index contributed by atoms with van der Waals surface area (Å²) in [5, 5.41) is 7.69. The molecule has 4 aromatic carbocycles. The zero-order valence-corrected chi connectivity index (χ0v) is 40.2. The van der Waals surface area contributed by atoms with Gasteiger partial charge in [-0.3, -0.25) is 4.68 Å². The van der Waals surface area contributed by atoms with Gasteiger partial charge in [0, 0.05) is 28.8 Å². The molecule has 0 radical (unpaired) electrons. The second-order valence-electron chi connectivity index (χ2n) is 20.8. The molecule has 5 nitrogen and oxygen atoms in total. The van der Waals surface area contributed by atoms with Crippen LogP contribution in [0.25, 0.3) is 44.4 Å². The van der Waals surface area contributed by atoms with Gasteiger partial charge < -0.3 is 9.30 Å². The first-order valence-corrected chi connectivity index (χ1v) is 20.9. The van der Waals surface area contributed by atoms with Crippen LogP contribution < -0.4 is 4.74 Å². The van der Waals surface area contributed by atoms with Gasteiger partial charge in [0.15, 0.2) is 0 Å². The van der Waals surface area contributed by atoms with E-state index in [0.717, 1.165) is 45.4 Å². The maximum atomic E-state index is 6.66. The van der Waals surface area contributed by atoms with Crippen molar-refractivity contribution in [2.24, 2.45) is 5.41 Å². The molecule has 0 N–H and O–H groups in total. The largest absolute Gasteiger partial charge is 2.00 e. The number of para-hydroxylation sites is 1. The van der Waals surface area contributed by atoms with Gasteiger partial charge in [0.05, 0.1) is 11.4 Å². The van der Waals surface area contributed by atoms with Crippen LogP contribution in [0.5, 0.6) is 11.5 Å². The standard InChI is InChI=1S/C53H62N4O.Pt/c1-33(2)49-48(35-27-42(52(10,11)12)34(3)43(28-35)53(13,14)15)46(32-50(4,5)6)57(55-49)37-19-18-20-38(30-37)58-39-23-24-41-40-21-16-17-22-44(40)56(45(41)31-39)47-29-36(25-26-54-47)51(7,8)9;/h16-29,33H,32H2,1-15H3;/q-2;+2. The summed E-state index contributed by atoms with van der Waals surface area (Å²) < 4.78 is 11.0. The van der Waals surface area contributed by atoms with E-state index in [1.165, 1.54) is 39.1 Å². The van der Waals surface area contributed by atoms with Gasteiger partial charge in [-0.1, -0.05) is 133 Å². The van der Waals surface area contributed by atoms with Crippen molar-refractivity contribution < 1.29 is 25.8 Å². The van der Waals surface area contributed by atoms with Crippen molar-refractivity contribution in [3.63, 3.8) is 0 Å². The summed E-state index contributed by atoms with van der Waals surface area (Å²) in [5.74, 6) is 2.28. The molecule has 59 heavy (non-hydrogen) atoms. The summed E-state index contributed by atoms with van der Waals surface area (Å²) in [4.78, 5) is 4.85. The molecule has 0 aliphatic carbocycles. The fourth-order valence-corrected chi connectivity index (χ4v) is 8.39. The summed E-state index contributed by atoms with van der Waals surface area (Å²) in [6.45, 7) is 34.4. The predicted octanol–water partition coefficient (Wildman–Crippen LogP) is 14.3. The summed E-state index contributed by atoms with van der Waals surface area (Å²) in [6, 6.07) is 35.1. The third kappa shape index (κ3) is 8.88. The first-order chi connectivity index (χ1) is 27.0. The molecule has 0 unspecified atom stereocenters. The quantitative estimate of drug-likeness (QED) is 0.150. The first-order valence-electron chi connectivity index (χ1n) is 20.9. The van der Waals surface area contributed by atoms with Crippen molar-refractivity contribution in [1.29, 1.82) is 0 Å². The SMILES string of the molecule is Cc1c(C(C)(C)C)cc(-c2c(C(C)C)nn(-c3[c-]c(Oc4[c-]c5c(cc4)c4ccccc4n5-c4cc(C(C)(C)C)ccn4)ccc3)c2CC(C)(C)C)cc1C(C)(C)C.[Pt+2]. The number of pyridine rings is 1. The van der Waals surface area contributed by atoms with Crippen molar-refractivity contribution in [2.45, 2.75) is 132 Å². The maximum Gasteiger partial charge on any atom is 2.00 e. The third-order valence-corrected chi connectivity index (χ3v) is 11.2. The molecule has 7 rings (SSSR count). The van der Waals surface area contributed by atoms with Gasteiger partial charge >= 0.3 is 21.1 Å². The molecule has 0 aliphatic rings. The Hall–Kier alpha value is -4.47. The Bertz CT molecular complexity index is 2610. The Morgan fingerprint density at radius 2 is 1.34 bits per heavy atom. The fraction of sp³-hybridized carbons (Fsp3) is 0.396. The molecule has 3 heterocycles. The average Bonchev–Trinajstić information content (AvgIpc) is 3.65. The number of nitrogens with zero attached hydrogens (tertiary/aromatic N) is 4. The number of hydrogen-bond donors (Lipinski definition) is 0. The number of rotatable bonds is 7. The van der Waals surface area contributed by atoms with Crippen LogP contribution >= 0.6 is 0 Å². The molecule has 0 fully saturated rings. The smallest absolute Gasteiger partial charge is 0.509 e. The van der Waals surface area contributed by atoms with Gasteiger partial charge in [0.1, 0.15) is 5.82 Å². The number of benzene rings is 4. The average molecular weight is 966 g/mol. The molecule has 0 saturated carbocycles. The fourth-order valence-electron chi connectivity index (χ4n) is 8.39. The van der Waals surface area contributed by atoms with Crippen LogP contribution in [0.15, 0.2) is 85.1 Å². The van der Waals surface area contributed by atoms with Crippen molar-refractivity contribution in [1.82, 2.24) is 19.3 Å². The van der Waals surface area contributed by atoms with E-state index in [1.54, 1.807) is 0 Å². The van der Waals surface area contributed by atoms with Crippen molar-refractivity contribution >= 4 is 21.8 Å². The van der Waals surface area contributed by atoms with Crippen LogP contribution in [0.3, 0.4) is 0 Å². The monoisotopic (exact) mass is 965 g/mol. The van der Waals surface area contributed by atoms with Crippen molar-refractivity contribution in [3.05, 3.63) is 131 Å². The molecule has 7 aromatic rings. The minimum atomic E-state index is -0.0157. The molecule has 0 aliphatic heterocycles. The normalized spacial score (nSPS) is 12.7. The third-order valence-electron chi connectivity index (χ3n) is 11.2. The Labute approximate surface area is 367 Å². The van der Waals surface area contributed by atoms with Crippen LogP contribution in [0, 0.1) is 24.5 Å².